The van der Waals surface area contributed by atoms with E-state index >= 15 is 0 Å². The lowest BCUT2D eigenvalue weighted by Gasteiger charge is -2.35. The van der Waals surface area contributed by atoms with E-state index in [4.69, 9.17) is 9.47 Å². The molecule has 6 nitrogen and oxygen atoms in total. The number of hydrogen-bond donors (Lipinski definition) is 1. The van der Waals surface area contributed by atoms with Gasteiger partial charge >= 0.3 is 0 Å². The molecule has 1 aliphatic carbocycles. The highest BCUT2D eigenvalue weighted by molar-refractivity contribution is 5.94. The first-order valence-corrected chi connectivity index (χ1v) is 11.4. The Bertz CT molecular complexity index is 855. The van der Waals surface area contributed by atoms with Crippen LogP contribution in [0.1, 0.15) is 61.0 Å². The van der Waals surface area contributed by atoms with Gasteiger partial charge in [-0.1, -0.05) is 12.1 Å². The van der Waals surface area contributed by atoms with Crippen LogP contribution in [0.2, 0.25) is 0 Å². The van der Waals surface area contributed by atoms with Gasteiger partial charge in [0.15, 0.2) is 0 Å². The van der Waals surface area contributed by atoms with Crippen LogP contribution in [0.15, 0.2) is 42.6 Å². The van der Waals surface area contributed by atoms with Crippen molar-refractivity contribution >= 4 is 5.91 Å². The van der Waals surface area contributed by atoms with Gasteiger partial charge in [-0.15, -0.1) is 0 Å². The van der Waals surface area contributed by atoms with Crippen molar-refractivity contribution in [1.82, 2.24) is 15.2 Å². The van der Waals surface area contributed by atoms with Gasteiger partial charge in [0.2, 0.25) is 5.88 Å². The van der Waals surface area contributed by atoms with E-state index in [-0.39, 0.29) is 24.2 Å². The average molecular weight is 424 g/mol. The van der Waals surface area contributed by atoms with Gasteiger partial charge in [0.25, 0.3) is 5.91 Å². The molecular formula is C25H33N3O3. The van der Waals surface area contributed by atoms with Gasteiger partial charge in [0.05, 0.1) is 12.2 Å². The molecule has 166 valence electrons. The molecule has 0 radical (unpaired) electrons. The first kappa shape index (κ1) is 21.8. The number of amides is 1. The second-order valence-electron chi connectivity index (χ2n) is 8.86. The number of rotatable bonds is 7. The summed E-state index contributed by atoms with van der Waals surface area (Å²) in [4.78, 5) is 19.3. The van der Waals surface area contributed by atoms with Gasteiger partial charge in [-0.25, -0.2) is 4.98 Å². The molecule has 1 N–H and O–H groups in total. The largest absolute Gasteiger partial charge is 0.474 e. The predicted octanol–water partition coefficient (Wildman–Crippen LogP) is 3.94. The first-order valence-electron chi connectivity index (χ1n) is 11.4. The molecule has 2 aliphatic rings. The van der Waals surface area contributed by atoms with Crippen LogP contribution in [0.4, 0.5) is 0 Å². The van der Waals surface area contributed by atoms with Crippen LogP contribution in [0.5, 0.6) is 5.88 Å². The lowest BCUT2D eigenvalue weighted by molar-refractivity contribution is -0.0704. The molecule has 6 heteroatoms. The number of hydrogen-bond acceptors (Lipinski definition) is 5. The van der Waals surface area contributed by atoms with Gasteiger partial charge < -0.3 is 14.8 Å². The molecule has 31 heavy (non-hydrogen) atoms. The van der Waals surface area contributed by atoms with Crippen molar-refractivity contribution < 1.29 is 14.3 Å². The van der Waals surface area contributed by atoms with Crippen LogP contribution in [0, 0.1) is 0 Å². The van der Waals surface area contributed by atoms with Crippen molar-refractivity contribution in [1.29, 1.82) is 0 Å². The van der Waals surface area contributed by atoms with E-state index in [0.717, 1.165) is 38.0 Å². The molecule has 0 spiro atoms. The van der Waals surface area contributed by atoms with Crippen molar-refractivity contribution in [3.8, 4) is 5.88 Å². The smallest absolute Gasteiger partial charge is 0.251 e. The Kier molecular flexibility index (Phi) is 7.20. The Labute approximate surface area is 185 Å². The molecule has 2 aromatic rings. The third-order valence-electron chi connectivity index (χ3n) is 5.96. The van der Waals surface area contributed by atoms with Crippen molar-refractivity contribution in [3.63, 3.8) is 0 Å². The number of ether oxygens (including phenoxy) is 2. The normalized spacial score (nSPS) is 22.4. The second-order valence-corrected chi connectivity index (χ2v) is 8.86. The van der Waals surface area contributed by atoms with Crippen molar-refractivity contribution in [2.24, 2.45) is 0 Å². The maximum absolute atomic E-state index is 12.6. The van der Waals surface area contributed by atoms with Crippen LogP contribution < -0.4 is 10.1 Å². The summed E-state index contributed by atoms with van der Waals surface area (Å²) >= 11 is 0. The molecule has 1 saturated carbocycles. The minimum atomic E-state index is -0.0739. The highest BCUT2D eigenvalue weighted by Gasteiger charge is 2.22. The molecule has 2 atom stereocenters. The van der Waals surface area contributed by atoms with Gasteiger partial charge in [-0.2, -0.15) is 0 Å². The van der Waals surface area contributed by atoms with Crippen LogP contribution in [-0.2, 0) is 17.8 Å². The number of morpholine rings is 1. The van der Waals surface area contributed by atoms with E-state index in [2.05, 4.69) is 29.0 Å². The van der Waals surface area contributed by atoms with Crippen molar-refractivity contribution in [3.05, 3.63) is 59.3 Å². The molecule has 2 heterocycles. The maximum Gasteiger partial charge on any atom is 0.251 e. The number of pyridine rings is 1. The average Bonchev–Trinajstić information content (AvgIpc) is 3.25. The van der Waals surface area contributed by atoms with Gasteiger partial charge in [0.1, 0.15) is 6.10 Å². The fourth-order valence-electron chi connectivity index (χ4n) is 4.52. The van der Waals surface area contributed by atoms with Crippen LogP contribution in [0.3, 0.4) is 0 Å². The predicted molar refractivity (Wildman–Crippen MR) is 120 cm³/mol. The van der Waals surface area contributed by atoms with Crippen molar-refractivity contribution in [2.45, 2.75) is 70.9 Å². The lowest BCUT2D eigenvalue weighted by Crippen LogP contribution is -2.44. The molecule has 0 bridgehead atoms. The zero-order chi connectivity index (χ0) is 21.6. The molecule has 1 aliphatic heterocycles. The summed E-state index contributed by atoms with van der Waals surface area (Å²) in [5.41, 5.74) is 2.87. The standard InChI is InChI=1S/C25H33N3O3/c1-18-15-28(16-19(2)30-18)17-20-7-9-22(10-8-20)25(29)27-14-21-11-12-26-24(13-21)31-23-5-3-4-6-23/h7-13,18-19,23H,3-6,14-17H2,1-2H3,(H,27,29). The monoisotopic (exact) mass is 423 g/mol. The van der Waals surface area contributed by atoms with Gasteiger partial charge in [-0.05, 0) is 68.9 Å². The Morgan fingerprint density at radius 3 is 2.52 bits per heavy atom. The number of benzene rings is 1. The molecule has 2 unspecified atom stereocenters. The van der Waals surface area contributed by atoms with E-state index in [9.17, 15) is 4.79 Å². The molecule has 4 rings (SSSR count). The fraction of sp³-hybridized carbons (Fsp3) is 0.520. The highest BCUT2D eigenvalue weighted by Crippen LogP contribution is 2.23. The van der Waals surface area contributed by atoms with E-state index in [1.807, 2.05) is 36.4 Å². The van der Waals surface area contributed by atoms with Gasteiger partial charge in [-0.3, -0.25) is 9.69 Å². The quantitative estimate of drug-likeness (QED) is 0.731. The number of aromatic nitrogens is 1. The summed E-state index contributed by atoms with van der Waals surface area (Å²) in [6, 6.07) is 11.7. The third-order valence-corrected chi connectivity index (χ3v) is 5.96. The third kappa shape index (κ3) is 6.28. The molecule has 1 saturated heterocycles. The summed E-state index contributed by atoms with van der Waals surface area (Å²) in [6.07, 6.45) is 7.18. The number of nitrogens with zero attached hydrogens (tertiary/aromatic N) is 2. The van der Waals surface area contributed by atoms with Crippen LogP contribution in [0.25, 0.3) is 0 Å². The fourth-order valence-corrected chi connectivity index (χ4v) is 4.52. The Balaban J connectivity index is 1.28. The minimum absolute atomic E-state index is 0.0739. The Morgan fingerprint density at radius 1 is 1.10 bits per heavy atom. The molecule has 1 amide bonds. The first-order chi connectivity index (χ1) is 15.0. The summed E-state index contributed by atoms with van der Waals surface area (Å²) in [6.45, 7) is 7.43. The topological polar surface area (TPSA) is 63.7 Å². The molecule has 1 aromatic carbocycles. The summed E-state index contributed by atoms with van der Waals surface area (Å²) in [7, 11) is 0. The Hall–Kier alpha value is -2.44. The van der Waals surface area contributed by atoms with E-state index in [0.29, 0.717) is 18.0 Å². The summed E-state index contributed by atoms with van der Waals surface area (Å²) in [5.74, 6) is 0.574. The van der Waals surface area contributed by atoms with Crippen molar-refractivity contribution in [2.75, 3.05) is 13.1 Å². The second kappa shape index (κ2) is 10.2. The highest BCUT2D eigenvalue weighted by atomic mass is 16.5. The number of carbonyl (C=O) groups is 1. The molecule has 2 fully saturated rings. The minimum Gasteiger partial charge on any atom is -0.474 e. The van der Waals surface area contributed by atoms with Gasteiger partial charge in [0, 0.05) is 44.0 Å². The van der Waals surface area contributed by atoms with E-state index < -0.39 is 0 Å². The molecular weight excluding hydrogens is 390 g/mol. The number of nitrogens with one attached hydrogen (secondary N) is 1. The SMILES string of the molecule is CC1CN(Cc2ccc(C(=O)NCc3ccnc(OC4CCCC4)c3)cc2)CC(C)O1. The summed E-state index contributed by atoms with van der Waals surface area (Å²) < 4.78 is 11.8. The zero-order valence-electron chi connectivity index (χ0n) is 18.5. The van der Waals surface area contributed by atoms with Crippen LogP contribution in [-0.4, -0.2) is 47.2 Å². The van der Waals surface area contributed by atoms with Crippen LogP contribution >= 0.6 is 0 Å². The molecule has 1 aromatic heterocycles. The van der Waals surface area contributed by atoms with E-state index in [1.54, 1.807) is 6.20 Å². The number of carbonyl (C=O) groups excluding carboxylic acids is 1. The zero-order valence-corrected chi connectivity index (χ0v) is 18.5. The Morgan fingerprint density at radius 2 is 1.81 bits per heavy atom. The summed E-state index contributed by atoms with van der Waals surface area (Å²) in [5, 5.41) is 3.00. The lowest BCUT2D eigenvalue weighted by atomic mass is 10.1. The maximum atomic E-state index is 12.6. The van der Waals surface area contributed by atoms with E-state index in [1.165, 1.54) is 18.4 Å².